The van der Waals surface area contributed by atoms with Gasteiger partial charge in [0.15, 0.2) is 0 Å². The minimum Gasteiger partial charge on any atom is -0.342 e. The molecule has 1 aromatic heterocycles. The van der Waals surface area contributed by atoms with Gasteiger partial charge in [-0.25, -0.2) is 4.98 Å². The number of halogens is 1. The highest BCUT2D eigenvalue weighted by Crippen LogP contribution is 2.35. The van der Waals surface area contributed by atoms with E-state index in [0.29, 0.717) is 30.6 Å². The molecule has 1 aliphatic heterocycles. The lowest BCUT2D eigenvalue weighted by molar-refractivity contribution is -0.115. The molecule has 0 saturated carbocycles. The summed E-state index contributed by atoms with van der Waals surface area (Å²) in [5, 5.41) is 2.93. The number of nitrogens with zero attached hydrogens (tertiary/aromatic N) is 2. The van der Waals surface area contributed by atoms with Crippen molar-refractivity contribution in [1.29, 1.82) is 0 Å². The maximum Gasteiger partial charge on any atom is 0.258 e. The Bertz CT molecular complexity index is 1380. The summed E-state index contributed by atoms with van der Waals surface area (Å²) in [6.45, 7) is 4.49. The van der Waals surface area contributed by atoms with E-state index < -0.39 is 0 Å². The van der Waals surface area contributed by atoms with Crippen LogP contribution in [0.3, 0.4) is 0 Å². The van der Waals surface area contributed by atoms with E-state index in [2.05, 4.69) is 15.3 Å². The van der Waals surface area contributed by atoms with Crippen LogP contribution < -0.4 is 10.2 Å². The van der Waals surface area contributed by atoms with Gasteiger partial charge in [-0.1, -0.05) is 42.5 Å². The molecule has 0 saturated heterocycles. The van der Waals surface area contributed by atoms with Crippen LogP contribution in [0.25, 0.3) is 11.3 Å². The number of carbonyl (C=O) groups excluding carboxylic acids is 2. The van der Waals surface area contributed by atoms with Gasteiger partial charge in [0.25, 0.3) is 5.91 Å². The second kappa shape index (κ2) is 10.2. The van der Waals surface area contributed by atoms with Gasteiger partial charge in [-0.05, 0) is 55.3 Å². The number of imidazole rings is 1. The first-order valence-electron chi connectivity index (χ1n) is 11.4. The Hall–Kier alpha value is -3.90. The normalized spacial score (nSPS) is 12.1. The fraction of sp³-hybridized carbons (Fsp3) is 0.179. The maximum atomic E-state index is 13.5. The maximum absolute atomic E-state index is 13.5. The monoisotopic (exact) mass is 486 g/mol. The predicted molar refractivity (Wildman–Crippen MR) is 141 cm³/mol. The van der Waals surface area contributed by atoms with E-state index in [4.69, 9.17) is 0 Å². The Kier molecular flexibility index (Phi) is 7.03. The van der Waals surface area contributed by atoms with Crippen molar-refractivity contribution >= 4 is 35.6 Å². The zero-order valence-corrected chi connectivity index (χ0v) is 20.5. The van der Waals surface area contributed by atoms with E-state index in [-0.39, 0.29) is 24.2 Å². The number of aromatic nitrogens is 2. The highest BCUT2D eigenvalue weighted by atomic mass is 35.5. The van der Waals surface area contributed by atoms with Gasteiger partial charge in [0.05, 0.1) is 23.5 Å². The molecular weight excluding hydrogens is 460 g/mol. The molecule has 4 aromatic rings. The fourth-order valence-electron chi connectivity index (χ4n) is 4.45. The third-order valence-corrected chi connectivity index (χ3v) is 6.21. The summed E-state index contributed by atoms with van der Waals surface area (Å²) in [5.41, 5.74) is 7.13. The minimum atomic E-state index is -0.0845. The average molecular weight is 487 g/mol. The van der Waals surface area contributed by atoms with Crippen LogP contribution in [0.1, 0.15) is 33.0 Å². The second-order valence-corrected chi connectivity index (χ2v) is 8.60. The minimum absolute atomic E-state index is 0. The number of aromatic amines is 1. The Morgan fingerprint density at radius 1 is 0.971 bits per heavy atom. The van der Waals surface area contributed by atoms with Crippen molar-refractivity contribution in [1.82, 2.24) is 9.97 Å². The van der Waals surface area contributed by atoms with Crippen LogP contribution >= 0.6 is 12.4 Å². The van der Waals surface area contributed by atoms with Gasteiger partial charge >= 0.3 is 0 Å². The first-order chi connectivity index (χ1) is 16.5. The molecule has 7 heteroatoms. The Morgan fingerprint density at radius 2 is 1.69 bits per heavy atom. The van der Waals surface area contributed by atoms with Gasteiger partial charge in [-0.3, -0.25) is 9.59 Å². The van der Waals surface area contributed by atoms with Gasteiger partial charge in [0.2, 0.25) is 5.91 Å². The molecule has 2 heterocycles. The molecule has 0 fully saturated rings. The van der Waals surface area contributed by atoms with E-state index in [1.54, 1.807) is 24.3 Å². The Morgan fingerprint density at radius 3 is 2.46 bits per heavy atom. The standard InChI is InChI=1S/C28H26N4O2.ClH/c1-18-7-3-4-8-21(18)17-26(33)31-22-13-11-20(12-14-22)28(34)32-16-15-24-27(30-19(2)29-24)23-9-5-6-10-25(23)32;/h3-14H,15-17H2,1-2H3,(H,29,30)(H,31,33);1H. The van der Waals surface area contributed by atoms with Crippen LogP contribution in [-0.4, -0.2) is 28.3 Å². The van der Waals surface area contributed by atoms with Crippen molar-refractivity contribution < 1.29 is 9.59 Å². The van der Waals surface area contributed by atoms with Crippen molar-refractivity contribution in [3.05, 3.63) is 101 Å². The highest BCUT2D eigenvalue weighted by Gasteiger charge is 2.26. The van der Waals surface area contributed by atoms with Crippen molar-refractivity contribution in [2.45, 2.75) is 26.7 Å². The molecular formula is C28H27ClN4O2. The lowest BCUT2D eigenvalue weighted by Crippen LogP contribution is -2.32. The number of rotatable bonds is 4. The van der Waals surface area contributed by atoms with Crippen molar-refractivity contribution in [2.75, 3.05) is 16.8 Å². The summed E-state index contributed by atoms with van der Waals surface area (Å²) in [6.07, 6.45) is 0.985. The van der Waals surface area contributed by atoms with Gasteiger partial charge in [0, 0.05) is 29.8 Å². The second-order valence-electron chi connectivity index (χ2n) is 8.60. The first-order valence-corrected chi connectivity index (χ1v) is 11.4. The lowest BCUT2D eigenvalue weighted by atomic mass is 10.1. The number of para-hydroxylation sites is 1. The predicted octanol–water partition coefficient (Wildman–Crippen LogP) is 5.50. The number of hydrogen-bond donors (Lipinski definition) is 2. The van der Waals surface area contributed by atoms with Gasteiger partial charge in [-0.2, -0.15) is 0 Å². The van der Waals surface area contributed by atoms with Crippen LogP contribution in [0.5, 0.6) is 0 Å². The molecule has 0 bridgehead atoms. The number of nitrogens with one attached hydrogen (secondary N) is 2. The van der Waals surface area contributed by atoms with E-state index >= 15 is 0 Å². The fourth-order valence-corrected chi connectivity index (χ4v) is 4.45. The number of hydrogen-bond acceptors (Lipinski definition) is 3. The molecule has 2 amide bonds. The summed E-state index contributed by atoms with van der Waals surface area (Å²) < 4.78 is 0. The van der Waals surface area contributed by atoms with Crippen LogP contribution in [0.15, 0.2) is 72.8 Å². The molecule has 0 radical (unpaired) electrons. The number of carbonyl (C=O) groups is 2. The number of anilines is 2. The van der Waals surface area contributed by atoms with Crippen LogP contribution in [-0.2, 0) is 17.6 Å². The molecule has 0 aliphatic carbocycles. The van der Waals surface area contributed by atoms with Crippen molar-refractivity contribution in [3.8, 4) is 11.3 Å². The van der Waals surface area contributed by atoms with E-state index in [1.807, 2.05) is 67.3 Å². The lowest BCUT2D eigenvalue weighted by Gasteiger charge is -2.23. The SMILES string of the molecule is Cc1nc2c([nH]1)-c1ccccc1N(C(=O)c1ccc(NC(=O)Cc3ccccc3C)cc1)CC2.Cl. The summed E-state index contributed by atoms with van der Waals surface area (Å²) in [5.74, 6) is 0.713. The van der Waals surface area contributed by atoms with E-state index in [1.165, 1.54) is 0 Å². The topological polar surface area (TPSA) is 78.1 Å². The van der Waals surface area contributed by atoms with Crippen LogP contribution in [0.2, 0.25) is 0 Å². The van der Waals surface area contributed by atoms with E-state index in [0.717, 1.165) is 39.6 Å². The molecule has 1 aliphatic rings. The zero-order chi connectivity index (χ0) is 23.7. The van der Waals surface area contributed by atoms with Gasteiger partial charge in [0.1, 0.15) is 5.82 Å². The van der Waals surface area contributed by atoms with Gasteiger partial charge < -0.3 is 15.2 Å². The Balaban J connectivity index is 0.00000289. The summed E-state index contributed by atoms with van der Waals surface area (Å²) in [4.78, 5) is 35.7. The molecule has 6 nitrogen and oxygen atoms in total. The van der Waals surface area contributed by atoms with Crippen LogP contribution in [0.4, 0.5) is 11.4 Å². The third kappa shape index (κ3) is 4.98. The molecule has 178 valence electrons. The highest BCUT2D eigenvalue weighted by molar-refractivity contribution is 6.08. The largest absolute Gasteiger partial charge is 0.342 e. The molecule has 0 unspecified atom stereocenters. The average Bonchev–Trinajstić information content (AvgIpc) is 3.14. The summed E-state index contributed by atoms with van der Waals surface area (Å²) >= 11 is 0. The number of aryl methyl sites for hydroxylation is 2. The van der Waals surface area contributed by atoms with Gasteiger partial charge in [-0.15, -0.1) is 12.4 Å². The first kappa shape index (κ1) is 24.2. The zero-order valence-electron chi connectivity index (χ0n) is 19.7. The third-order valence-electron chi connectivity index (χ3n) is 6.21. The summed E-state index contributed by atoms with van der Waals surface area (Å²) in [6, 6.07) is 22.8. The quantitative estimate of drug-likeness (QED) is 0.400. The molecule has 0 atom stereocenters. The van der Waals surface area contributed by atoms with Crippen molar-refractivity contribution in [3.63, 3.8) is 0 Å². The Labute approximate surface area is 210 Å². The number of benzene rings is 3. The van der Waals surface area contributed by atoms with E-state index in [9.17, 15) is 9.59 Å². The number of H-pyrrole nitrogens is 1. The summed E-state index contributed by atoms with van der Waals surface area (Å²) in [7, 11) is 0. The molecule has 0 spiro atoms. The molecule has 2 N–H and O–H groups in total. The number of fused-ring (bicyclic) bond motifs is 3. The molecule has 3 aromatic carbocycles. The molecule has 35 heavy (non-hydrogen) atoms. The van der Waals surface area contributed by atoms with Crippen LogP contribution in [0, 0.1) is 13.8 Å². The smallest absolute Gasteiger partial charge is 0.258 e. The molecule has 5 rings (SSSR count). The number of amides is 2. The van der Waals surface area contributed by atoms with Crippen molar-refractivity contribution in [2.24, 2.45) is 0 Å².